The highest BCUT2D eigenvalue weighted by atomic mass is 31.2. The molecule has 0 unspecified atom stereocenters. The Morgan fingerprint density at radius 1 is 0.882 bits per heavy atom. The van der Waals surface area contributed by atoms with E-state index in [4.69, 9.17) is 27.5 Å². The molecule has 0 spiro atoms. The molecule has 0 saturated heterocycles. The fourth-order valence-corrected chi connectivity index (χ4v) is 4.72. The van der Waals surface area contributed by atoms with Gasteiger partial charge in [0, 0.05) is 23.8 Å². The van der Waals surface area contributed by atoms with Crippen molar-refractivity contribution in [3.05, 3.63) is 40.6 Å². The van der Waals surface area contributed by atoms with E-state index in [1.54, 1.807) is 27.7 Å². The van der Waals surface area contributed by atoms with Crippen molar-refractivity contribution < 1.29 is 42.2 Å². The van der Waals surface area contributed by atoms with E-state index in [-0.39, 0.29) is 39.7 Å². The Hall–Kier alpha value is -3.20. The summed E-state index contributed by atoms with van der Waals surface area (Å²) in [5, 5.41) is 20.5. The van der Waals surface area contributed by atoms with Gasteiger partial charge in [0.15, 0.2) is 16.9 Å². The molecule has 2 aromatic carbocycles. The Labute approximate surface area is 196 Å². The molecule has 3 rings (SSSR count). The zero-order chi connectivity index (χ0) is 25.2. The van der Waals surface area contributed by atoms with Crippen LogP contribution in [0.2, 0.25) is 0 Å². The van der Waals surface area contributed by atoms with Gasteiger partial charge in [0.25, 0.3) is 0 Å². The number of hydrogen-bond donors (Lipinski definition) is 2. The van der Waals surface area contributed by atoms with E-state index in [9.17, 15) is 19.6 Å². The highest BCUT2D eigenvalue weighted by Crippen LogP contribution is 2.52. The summed E-state index contributed by atoms with van der Waals surface area (Å²) >= 11 is 0. The molecule has 1 aromatic heterocycles. The summed E-state index contributed by atoms with van der Waals surface area (Å²) in [6.45, 7) is 6.68. The molecule has 11 heteroatoms. The molecule has 0 aliphatic carbocycles. The van der Waals surface area contributed by atoms with Crippen LogP contribution in [0.3, 0.4) is 0 Å². The third-order valence-electron chi connectivity index (χ3n) is 4.44. The molecular weight excluding hydrogens is 467 g/mol. The minimum atomic E-state index is -4.05. The second-order valence-electron chi connectivity index (χ2n) is 7.87. The fraction of sp³-hybridized carbons (Fsp3) is 0.348. The molecule has 34 heavy (non-hydrogen) atoms. The van der Waals surface area contributed by atoms with Crippen LogP contribution in [0.4, 0.5) is 0 Å². The third-order valence-corrected chi connectivity index (χ3v) is 6.24. The van der Waals surface area contributed by atoms with Gasteiger partial charge < -0.3 is 28.6 Å². The summed E-state index contributed by atoms with van der Waals surface area (Å²) in [6.07, 6.45) is -0.940. The Morgan fingerprint density at radius 3 is 1.94 bits per heavy atom. The number of phenols is 2. The average Bonchev–Trinajstić information content (AvgIpc) is 2.71. The zero-order valence-corrected chi connectivity index (χ0v) is 20.5. The molecule has 0 amide bonds. The largest absolute Gasteiger partial charge is 0.530 e. The van der Waals surface area contributed by atoms with Crippen LogP contribution in [0.1, 0.15) is 27.7 Å². The monoisotopic (exact) mass is 494 g/mol. The molecule has 0 bridgehead atoms. The molecule has 3 aromatic rings. The van der Waals surface area contributed by atoms with E-state index >= 15 is 0 Å². The summed E-state index contributed by atoms with van der Waals surface area (Å²) in [6, 6.07) is 6.54. The fourth-order valence-electron chi connectivity index (χ4n) is 3.19. The predicted molar refractivity (Wildman–Crippen MR) is 125 cm³/mol. The number of phenolic OH excluding ortho intramolecular Hbond substituents is 2. The number of aromatic hydroxyl groups is 2. The van der Waals surface area contributed by atoms with Crippen molar-refractivity contribution in [2.75, 3.05) is 14.2 Å². The minimum Gasteiger partial charge on any atom is -0.507 e. The van der Waals surface area contributed by atoms with E-state index in [2.05, 4.69) is 0 Å². The maximum absolute atomic E-state index is 13.1. The number of fused-ring (bicyclic) bond motifs is 1. The first-order valence-electron chi connectivity index (χ1n) is 10.4. The first kappa shape index (κ1) is 25.4. The van der Waals surface area contributed by atoms with Gasteiger partial charge in [0.05, 0.1) is 26.4 Å². The maximum Gasteiger partial charge on any atom is 0.530 e. The van der Waals surface area contributed by atoms with Crippen LogP contribution in [0, 0.1) is 0 Å². The Morgan fingerprint density at radius 2 is 1.44 bits per heavy atom. The number of rotatable bonds is 9. The maximum atomic E-state index is 13.1. The Bertz CT molecular complexity index is 1260. The summed E-state index contributed by atoms with van der Waals surface area (Å²) < 4.78 is 45.5. The number of methoxy groups -OCH3 is 2. The summed E-state index contributed by atoms with van der Waals surface area (Å²) in [4.78, 5) is 12.8. The molecule has 1 heterocycles. The summed E-state index contributed by atoms with van der Waals surface area (Å²) in [5.41, 5.74) is -0.205. The smallest absolute Gasteiger partial charge is 0.507 e. The Kier molecular flexibility index (Phi) is 7.45. The molecule has 0 aliphatic heterocycles. The van der Waals surface area contributed by atoms with Gasteiger partial charge >= 0.3 is 7.82 Å². The van der Waals surface area contributed by atoms with Crippen LogP contribution in [0.25, 0.3) is 22.3 Å². The van der Waals surface area contributed by atoms with E-state index < -0.39 is 31.2 Å². The van der Waals surface area contributed by atoms with Crippen LogP contribution < -0.4 is 19.4 Å². The highest BCUT2D eigenvalue weighted by molar-refractivity contribution is 7.49. The van der Waals surface area contributed by atoms with Crippen molar-refractivity contribution >= 4 is 18.8 Å². The van der Waals surface area contributed by atoms with E-state index in [1.165, 1.54) is 38.5 Å². The van der Waals surface area contributed by atoms with Gasteiger partial charge in [-0.15, -0.1) is 0 Å². The second-order valence-corrected chi connectivity index (χ2v) is 9.37. The third kappa shape index (κ3) is 5.47. The SMILES string of the molecule is COc1cc(-c2cc(=O)c3c(O)cc(OP(=O)(OC(C)C)OC(C)C)cc3o2)cc(OC)c1O. The quantitative estimate of drug-likeness (QED) is 0.381. The average molecular weight is 494 g/mol. The van der Waals surface area contributed by atoms with Crippen LogP contribution >= 0.6 is 7.82 Å². The van der Waals surface area contributed by atoms with E-state index in [0.29, 0.717) is 5.56 Å². The standard InChI is InChI=1S/C23H27O10P/c1-12(2)31-34(27,32-13(3)4)33-15-9-16(24)22-17(25)11-18(30-19(22)10-15)14-7-20(28-5)23(26)21(8-14)29-6/h7-13,24,26H,1-6H3. The van der Waals surface area contributed by atoms with E-state index in [0.717, 1.165) is 6.07 Å². The van der Waals surface area contributed by atoms with Crippen molar-refractivity contribution in [3.8, 4) is 40.1 Å². The highest BCUT2D eigenvalue weighted by Gasteiger charge is 2.32. The molecule has 0 atom stereocenters. The van der Waals surface area contributed by atoms with Crippen molar-refractivity contribution in [2.45, 2.75) is 39.9 Å². The lowest BCUT2D eigenvalue weighted by atomic mass is 10.1. The lowest BCUT2D eigenvalue weighted by Crippen LogP contribution is -2.11. The minimum absolute atomic E-state index is 0.0378. The van der Waals surface area contributed by atoms with Crippen LogP contribution in [-0.4, -0.2) is 36.6 Å². The van der Waals surface area contributed by atoms with Crippen molar-refractivity contribution in [3.63, 3.8) is 0 Å². The molecule has 10 nitrogen and oxygen atoms in total. The van der Waals surface area contributed by atoms with Crippen molar-refractivity contribution in [2.24, 2.45) is 0 Å². The first-order valence-corrected chi connectivity index (χ1v) is 11.8. The van der Waals surface area contributed by atoms with Crippen LogP contribution in [0.5, 0.6) is 28.7 Å². The van der Waals surface area contributed by atoms with Gasteiger partial charge in [0.1, 0.15) is 28.2 Å². The topological polar surface area (TPSA) is 134 Å². The van der Waals surface area contributed by atoms with Gasteiger partial charge in [-0.25, -0.2) is 4.57 Å². The number of hydrogen-bond acceptors (Lipinski definition) is 10. The van der Waals surface area contributed by atoms with Gasteiger partial charge in [-0.2, -0.15) is 0 Å². The van der Waals surface area contributed by atoms with Crippen LogP contribution in [0.15, 0.2) is 39.5 Å². The zero-order valence-electron chi connectivity index (χ0n) is 19.6. The predicted octanol–water partition coefficient (Wildman–Crippen LogP) is 5.23. The number of benzene rings is 2. The van der Waals surface area contributed by atoms with E-state index in [1.807, 2.05) is 0 Å². The summed E-state index contributed by atoms with van der Waals surface area (Å²) in [7, 11) is -1.32. The summed E-state index contributed by atoms with van der Waals surface area (Å²) in [5.74, 6) is -0.420. The van der Waals surface area contributed by atoms with Gasteiger partial charge in [-0.3, -0.25) is 13.8 Å². The van der Waals surface area contributed by atoms with Crippen LogP contribution in [-0.2, 0) is 13.6 Å². The number of ether oxygens (including phenoxy) is 2. The number of phosphoric ester groups is 1. The normalized spacial score (nSPS) is 11.9. The molecule has 2 N–H and O–H groups in total. The van der Waals surface area contributed by atoms with Gasteiger partial charge in [0.2, 0.25) is 5.75 Å². The second kappa shape index (κ2) is 9.97. The van der Waals surface area contributed by atoms with Gasteiger partial charge in [-0.05, 0) is 39.8 Å². The van der Waals surface area contributed by atoms with Crippen molar-refractivity contribution in [1.29, 1.82) is 0 Å². The lowest BCUT2D eigenvalue weighted by molar-refractivity contribution is 0.103. The number of phosphoric acid groups is 1. The molecule has 184 valence electrons. The molecular formula is C23H27O10P. The molecule has 0 radical (unpaired) electrons. The molecule has 0 aliphatic rings. The molecule has 0 fully saturated rings. The van der Waals surface area contributed by atoms with Gasteiger partial charge in [-0.1, -0.05) is 0 Å². The lowest BCUT2D eigenvalue weighted by Gasteiger charge is -2.22. The van der Waals surface area contributed by atoms with Crippen molar-refractivity contribution in [1.82, 2.24) is 0 Å². The Balaban J connectivity index is 2.14. The first-order chi connectivity index (χ1) is 16.0. The molecule has 0 saturated carbocycles.